The van der Waals surface area contributed by atoms with Crippen LogP contribution in [0.5, 0.6) is 0 Å². The first-order valence-electron chi connectivity index (χ1n) is 6.70. The Bertz CT molecular complexity index is 571. The van der Waals surface area contributed by atoms with Gasteiger partial charge in [-0.25, -0.2) is 4.98 Å². The van der Waals surface area contributed by atoms with Crippen LogP contribution in [-0.4, -0.2) is 22.4 Å². The Kier molecular flexibility index (Phi) is 4.30. The molecule has 0 spiro atoms. The van der Waals surface area contributed by atoms with Gasteiger partial charge >= 0.3 is 0 Å². The molecule has 0 bridgehead atoms. The van der Waals surface area contributed by atoms with Crippen LogP contribution in [-0.2, 0) is 4.79 Å². The highest BCUT2D eigenvalue weighted by molar-refractivity contribution is 5.95. The molecule has 0 saturated heterocycles. The standard InChI is InChI=1S/C14H18N4O.ClH/c15-9-14(7-3-4-8-14)12(19)18-13-16-10-5-1-2-6-11(10)17-13;/h1-2,5-6H,3-4,7-9,15H2,(H2,16,17,18,19);1H. The van der Waals surface area contributed by atoms with Crippen LogP contribution in [0, 0.1) is 5.41 Å². The van der Waals surface area contributed by atoms with E-state index in [2.05, 4.69) is 15.3 Å². The number of halogens is 1. The Morgan fingerprint density at radius 1 is 1.35 bits per heavy atom. The Balaban J connectivity index is 0.00000147. The molecule has 1 aromatic carbocycles. The zero-order chi connectivity index (χ0) is 13.3. The van der Waals surface area contributed by atoms with Gasteiger partial charge in [0.25, 0.3) is 0 Å². The normalized spacial score (nSPS) is 16.9. The molecule has 1 amide bonds. The lowest BCUT2D eigenvalue weighted by atomic mass is 9.85. The Morgan fingerprint density at radius 3 is 2.70 bits per heavy atom. The molecule has 6 heteroatoms. The predicted molar refractivity (Wildman–Crippen MR) is 81.9 cm³/mol. The number of aromatic amines is 1. The highest BCUT2D eigenvalue weighted by Crippen LogP contribution is 2.38. The fourth-order valence-electron chi connectivity index (χ4n) is 2.83. The highest BCUT2D eigenvalue weighted by atomic mass is 35.5. The quantitative estimate of drug-likeness (QED) is 0.813. The number of nitrogens with two attached hydrogens (primary N) is 1. The van der Waals surface area contributed by atoms with Gasteiger partial charge in [0.05, 0.1) is 16.4 Å². The predicted octanol–water partition coefficient (Wildman–Crippen LogP) is 2.44. The molecule has 1 heterocycles. The average molecular weight is 295 g/mol. The summed E-state index contributed by atoms with van der Waals surface area (Å²) >= 11 is 0. The van der Waals surface area contributed by atoms with Gasteiger partial charge in [0, 0.05) is 6.54 Å². The number of para-hydroxylation sites is 2. The smallest absolute Gasteiger partial charge is 0.234 e. The van der Waals surface area contributed by atoms with E-state index in [-0.39, 0.29) is 18.3 Å². The van der Waals surface area contributed by atoms with Gasteiger partial charge in [-0.05, 0) is 25.0 Å². The molecule has 1 aliphatic carbocycles. The van der Waals surface area contributed by atoms with Gasteiger partial charge in [0.2, 0.25) is 11.9 Å². The van der Waals surface area contributed by atoms with E-state index in [0.29, 0.717) is 12.5 Å². The minimum atomic E-state index is -0.404. The fraction of sp³-hybridized carbons (Fsp3) is 0.429. The van der Waals surface area contributed by atoms with E-state index in [1.165, 1.54) is 0 Å². The number of aromatic nitrogens is 2. The number of carbonyl (C=O) groups excluding carboxylic acids is 1. The molecule has 0 aliphatic heterocycles. The van der Waals surface area contributed by atoms with Crippen molar-refractivity contribution in [3.8, 4) is 0 Å². The van der Waals surface area contributed by atoms with Gasteiger partial charge < -0.3 is 10.7 Å². The molecule has 20 heavy (non-hydrogen) atoms. The second kappa shape index (κ2) is 5.81. The molecule has 3 rings (SSSR count). The van der Waals surface area contributed by atoms with Crippen LogP contribution in [0.2, 0.25) is 0 Å². The van der Waals surface area contributed by atoms with Crippen LogP contribution < -0.4 is 11.1 Å². The molecule has 2 aromatic rings. The summed E-state index contributed by atoms with van der Waals surface area (Å²) in [6.07, 6.45) is 3.89. The van der Waals surface area contributed by atoms with Gasteiger partial charge in [-0.15, -0.1) is 12.4 Å². The first-order chi connectivity index (χ1) is 9.23. The largest absolute Gasteiger partial charge is 0.329 e. The molecule has 1 fully saturated rings. The van der Waals surface area contributed by atoms with Gasteiger partial charge in [0.15, 0.2) is 0 Å². The van der Waals surface area contributed by atoms with Gasteiger partial charge in [0.1, 0.15) is 0 Å². The van der Waals surface area contributed by atoms with Crippen LogP contribution in [0.3, 0.4) is 0 Å². The zero-order valence-electron chi connectivity index (χ0n) is 11.2. The number of imidazole rings is 1. The number of fused-ring (bicyclic) bond motifs is 1. The molecular weight excluding hydrogens is 276 g/mol. The molecule has 1 saturated carbocycles. The molecule has 5 nitrogen and oxygen atoms in total. The van der Waals surface area contributed by atoms with Crippen molar-refractivity contribution in [2.75, 3.05) is 11.9 Å². The number of rotatable bonds is 3. The fourth-order valence-corrected chi connectivity index (χ4v) is 2.83. The minimum Gasteiger partial charge on any atom is -0.329 e. The summed E-state index contributed by atoms with van der Waals surface area (Å²) in [6.45, 7) is 0.402. The second-order valence-electron chi connectivity index (χ2n) is 5.25. The van der Waals surface area contributed by atoms with Gasteiger partial charge in [-0.3, -0.25) is 10.1 Å². The van der Waals surface area contributed by atoms with Crippen molar-refractivity contribution < 1.29 is 4.79 Å². The first kappa shape index (κ1) is 14.8. The van der Waals surface area contributed by atoms with E-state index in [0.717, 1.165) is 36.7 Å². The second-order valence-corrected chi connectivity index (χ2v) is 5.25. The van der Waals surface area contributed by atoms with Crippen LogP contribution in [0.4, 0.5) is 5.95 Å². The Hall–Kier alpha value is -1.59. The lowest BCUT2D eigenvalue weighted by molar-refractivity contribution is -0.124. The molecule has 0 atom stereocenters. The van der Waals surface area contributed by atoms with Crippen molar-refractivity contribution in [1.82, 2.24) is 9.97 Å². The highest BCUT2D eigenvalue weighted by Gasteiger charge is 2.40. The third-order valence-electron chi connectivity index (χ3n) is 4.05. The summed E-state index contributed by atoms with van der Waals surface area (Å²) in [5.41, 5.74) is 7.18. The topological polar surface area (TPSA) is 83.8 Å². The van der Waals surface area contributed by atoms with Crippen LogP contribution in [0.25, 0.3) is 11.0 Å². The van der Waals surface area contributed by atoms with E-state index < -0.39 is 5.41 Å². The molecule has 0 unspecified atom stereocenters. The van der Waals surface area contributed by atoms with Crippen molar-refractivity contribution >= 4 is 35.3 Å². The molecule has 1 aliphatic rings. The average Bonchev–Trinajstić information content (AvgIpc) is 3.05. The number of nitrogens with zero attached hydrogens (tertiary/aromatic N) is 1. The number of amides is 1. The van der Waals surface area contributed by atoms with Crippen molar-refractivity contribution in [2.45, 2.75) is 25.7 Å². The van der Waals surface area contributed by atoms with Gasteiger partial charge in [-0.2, -0.15) is 0 Å². The van der Waals surface area contributed by atoms with E-state index in [9.17, 15) is 4.79 Å². The lowest BCUT2D eigenvalue weighted by Crippen LogP contribution is -2.40. The third-order valence-corrected chi connectivity index (χ3v) is 4.05. The number of carbonyl (C=O) groups is 1. The number of hydrogen-bond acceptors (Lipinski definition) is 3. The van der Waals surface area contributed by atoms with Crippen molar-refractivity contribution in [3.05, 3.63) is 24.3 Å². The maximum Gasteiger partial charge on any atom is 0.234 e. The Labute approximate surface area is 123 Å². The first-order valence-corrected chi connectivity index (χ1v) is 6.70. The SMILES string of the molecule is Cl.NCC1(C(=O)Nc2nc3ccccc3[nH]2)CCCC1. The number of anilines is 1. The third kappa shape index (κ3) is 2.51. The molecule has 0 radical (unpaired) electrons. The molecule has 108 valence electrons. The summed E-state index contributed by atoms with van der Waals surface area (Å²) in [5.74, 6) is 0.498. The number of hydrogen-bond donors (Lipinski definition) is 3. The molecular formula is C14H19ClN4O. The van der Waals surface area contributed by atoms with Crippen LogP contribution in [0.1, 0.15) is 25.7 Å². The van der Waals surface area contributed by atoms with E-state index in [1.807, 2.05) is 24.3 Å². The summed E-state index contributed by atoms with van der Waals surface area (Å²) in [5, 5.41) is 2.88. The van der Waals surface area contributed by atoms with E-state index >= 15 is 0 Å². The van der Waals surface area contributed by atoms with Crippen LogP contribution >= 0.6 is 12.4 Å². The zero-order valence-corrected chi connectivity index (χ0v) is 12.0. The maximum absolute atomic E-state index is 12.4. The van der Waals surface area contributed by atoms with E-state index in [1.54, 1.807) is 0 Å². The van der Waals surface area contributed by atoms with Crippen LogP contribution in [0.15, 0.2) is 24.3 Å². The Morgan fingerprint density at radius 2 is 2.05 bits per heavy atom. The summed E-state index contributed by atoms with van der Waals surface area (Å²) in [7, 11) is 0. The molecule has 1 aromatic heterocycles. The molecule has 4 N–H and O–H groups in total. The van der Waals surface area contributed by atoms with Gasteiger partial charge in [-0.1, -0.05) is 25.0 Å². The van der Waals surface area contributed by atoms with E-state index in [4.69, 9.17) is 5.73 Å². The number of H-pyrrole nitrogens is 1. The number of benzene rings is 1. The minimum absolute atomic E-state index is 0. The van der Waals surface area contributed by atoms with Crippen molar-refractivity contribution in [1.29, 1.82) is 0 Å². The summed E-state index contributed by atoms with van der Waals surface area (Å²) in [6, 6.07) is 7.71. The maximum atomic E-state index is 12.4. The van der Waals surface area contributed by atoms with Crippen molar-refractivity contribution in [3.63, 3.8) is 0 Å². The lowest BCUT2D eigenvalue weighted by Gasteiger charge is -2.24. The summed E-state index contributed by atoms with van der Waals surface area (Å²) < 4.78 is 0. The summed E-state index contributed by atoms with van der Waals surface area (Å²) in [4.78, 5) is 19.9. The van der Waals surface area contributed by atoms with Crippen molar-refractivity contribution in [2.24, 2.45) is 11.1 Å². The number of nitrogens with one attached hydrogen (secondary N) is 2. The monoisotopic (exact) mass is 294 g/mol.